The normalized spacial score (nSPS) is 18.4. The Balaban J connectivity index is 1.58. The molecule has 15 heteroatoms. The maximum Gasteiger partial charge on any atom is 0.449 e. The van der Waals surface area contributed by atoms with Crippen molar-refractivity contribution in [2.75, 3.05) is 13.1 Å². The zero-order valence-corrected chi connectivity index (χ0v) is 24.6. The molecule has 2 aliphatic rings. The van der Waals surface area contributed by atoms with Crippen molar-refractivity contribution in [1.82, 2.24) is 14.5 Å². The van der Waals surface area contributed by atoms with E-state index in [9.17, 15) is 35.9 Å². The molecule has 0 radical (unpaired) electrons. The lowest BCUT2D eigenvalue weighted by Crippen LogP contribution is -2.49. The highest BCUT2D eigenvalue weighted by molar-refractivity contribution is 5.37. The van der Waals surface area contributed by atoms with Crippen LogP contribution in [0.15, 0.2) is 74.7 Å². The molecule has 0 amide bonds. The van der Waals surface area contributed by atoms with E-state index in [0.29, 0.717) is 24.7 Å². The third kappa shape index (κ3) is 6.14. The van der Waals surface area contributed by atoms with Crippen LogP contribution in [0.25, 0.3) is 0 Å². The van der Waals surface area contributed by atoms with Gasteiger partial charge in [0.25, 0.3) is 5.56 Å². The zero-order chi connectivity index (χ0) is 33.7. The second-order valence-electron chi connectivity index (χ2n) is 11.6. The van der Waals surface area contributed by atoms with Crippen LogP contribution in [0.2, 0.25) is 0 Å². The van der Waals surface area contributed by atoms with E-state index in [-0.39, 0.29) is 36.4 Å². The molecule has 4 heterocycles. The predicted molar refractivity (Wildman–Crippen MR) is 154 cm³/mol. The lowest BCUT2D eigenvalue weighted by molar-refractivity contribution is -0.153. The Labute approximate surface area is 262 Å². The Hall–Kier alpha value is -4.21. The second-order valence-corrected chi connectivity index (χ2v) is 11.6. The summed E-state index contributed by atoms with van der Waals surface area (Å²) in [6.45, 7) is -0.605. The van der Waals surface area contributed by atoms with Crippen molar-refractivity contribution in [1.29, 1.82) is 0 Å². The van der Waals surface area contributed by atoms with E-state index in [2.05, 4.69) is 5.32 Å². The predicted octanol–water partition coefficient (Wildman–Crippen LogP) is 5.42. The van der Waals surface area contributed by atoms with Crippen LogP contribution >= 0.6 is 0 Å². The number of hydrogen-bond donors (Lipinski definition) is 2. The molecule has 8 nitrogen and oxygen atoms in total. The Bertz CT molecular complexity index is 1890. The Morgan fingerprint density at radius 3 is 2.26 bits per heavy atom. The molecule has 0 saturated carbocycles. The summed E-state index contributed by atoms with van der Waals surface area (Å²) in [4.78, 5) is 28.5. The van der Waals surface area contributed by atoms with E-state index >= 15 is 4.39 Å². The van der Waals surface area contributed by atoms with Gasteiger partial charge in [-0.3, -0.25) is 13.9 Å². The van der Waals surface area contributed by atoms with Gasteiger partial charge in [-0.2, -0.15) is 26.3 Å². The number of fused-ring (bicyclic) bond motifs is 2. The van der Waals surface area contributed by atoms with Crippen LogP contribution in [0, 0.1) is 5.82 Å². The van der Waals surface area contributed by atoms with E-state index in [1.54, 1.807) is 30.3 Å². The molecule has 2 aromatic carbocycles. The molecule has 1 fully saturated rings. The molecular weight excluding hydrogens is 637 g/mol. The quantitative estimate of drug-likeness (QED) is 0.256. The van der Waals surface area contributed by atoms with Gasteiger partial charge in [-0.05, 0) is 55.8 Å². The van der Waals surface area contributed by atoms with Gasteiger partial charge in [0.05, 0.1) is 29.9 Å². The molecule has 2 aliphatic heterocycles. The summed E-state index contributed by atoms with van der Waals surface area (Å²) in [7, 11) is 0. The number of alkyl halides is 6. The minimum absolute atomic E-state index is 0.0311. The summed E-state index contributed by atoms with van der Waals surface area (Å²) in [5.74, 6) is -2.73. The first-order valence-corrected chi connectivity index (χ1v) is 14.8. The molecule has 1 saturated heterocycles. The minimum Gasteiger partial charge on any atom is -0.456 e. The molecule has 47 heavy (non-hydrogen) atoms. The Morgan fingerprint density at radius 1 is 0.915 bits per heavy atom. The molecule has 0 aliphatic carbocycles. The number of ether oxygens (including phenoxy) is 1. The number of halogens is 7. The van der Waals surface area contributed by atoms with Crippen LogP contribution in [0.1, 0.15) is 64.5 Å². The average Bonchev–Trinajstić information content (AvgIpc) is 3.61. The van der Waals surface area contributed by atoms with E-state index in [1.807, 2.05) is 0 Å². The summed E-state index contributed by atoms with van der Waals surface area (Å²) in [5.41, 5.74) is 1.38. The average molecular weight is 667 g/mol. The third-order valence-electron chi connectivity index (χ3n) is 8.68. The summed E-state index contributed by atoms with van der Waals surface area (Å²) in [6, 6.07) is 11.8. The molecule has 1 spiro atoms. The number of nitrogens with one attached hydrogen (secondary N) is 1. The lowest BCUT2D eigenvalue weighted by Gasteiger charge is -2.34. The molecule has 2 aromatic heterocycles. The highest BCUT2D eigenvalue weighted by atomic mass is 19.4. The number of furan rings is 1. The summed E-state index contributed by atoms with van der Waals surface area (Å²) in [6.07, 6.45) is -11.1. The largest absolute Gasteiger partial charge is 0.456 e. The summed E-state index contributed by atoms with van der Waals surface area (Å²) >= 11 is 0. The van der Waals surface area contributed by atoms with Crippen LogP contribution in [-0.4, -0.2) is 22.2 Å². The number of rotatable bonds is 7. The smallest absolute Gasteiger partial charge is 0.449 e. The van der Waals surface area contributed by atoms with Crippen molar-refractivity contribution in [3.05, 3.63) is 127 Å². The van der Waals surface area contributed by atoms with E-state index in [4.69, 9.17) is 14.9 Å². The zero-order valence-electron chi connectivity index (χ0n) is 24.6. The fraction of sp³-hybridized carbons (Fsp3) is 0.375. The monoisotopic (exact) mass is 666 g/mol. The van der Waals surface area contributed by atoms with Gasteiger partial charge in [-0.1, -0.05) is 36.4 Å². The fourth-order valence-corrected chi connectivity index (χ4v) is 6.48. The first-order valence-electron chi connectivity index (χ1n) is 14.8. The van der Waals surface area contributed by atoms with Crippen molar-refractivity contribution in [2.45, 2.75) is 62.5 Å². The van der Waals surface area contributed by atoms with Gasteiger partial charge in [-0.15, -0.1) is 0 Å². The van der Waals surface area contributed by atoms with Gasteiger partial charge >= 0.3 is 18.0 Å². The van der Waals surface area contributed by atoms with Gasteiger partial charge in [0.1, 0.15) is 23.3 Å². The summed E-state index contributed by atoms with van der Waals surface area (Å²) in [5, 5.41) is 3.14. The molecule has 3 N–H and O–H groups in total. The SMILES string of the molecule is NC(Cn1c(=O)c2c(n(Cc3c(F)cccc3C(F)(F)F)c1=O)[C@@H](Cc1ccc(C(F)(F)F)o1)OC21CCNCC1)c1ccccc1. The van der Waals surface area contributed by atoms with E-state index in [1.165, 1.54) is 0 Å². The second kappa shape index (κ2) is 12.1. The number of aromatic nitrogens is 2. The molecular formula is C32H29F7N4O4. The number of piperidine rings is 1. The standard InChI is InChI=1S/C32H29F7N4O4/c33-22-8-4-7-21(31(34,35)36)20(22)16-42-27-24(15-19-9-10-25(46-19)32(37,38)39)47-30(11-13-41-14-12-30)26(27)28(44)43(29(42)45)17-23(40)18-5-2-1-3-6-18/h1-10,23-24,41H,11-17,40H2/t23?,24-/m1/s1. The van der Waals surface area contributed by atoms with E-state index in [0.717, 1.165) is 33.4 Å². The van der Waals surface area contributed by atoms with Crippen LogP contribution in [-0.2, 0) is 42.2 Å². The van der Waals surface area contributed by atoms with Gasteiger partial charge in [0.2, 0.25) is 5.76 Å². The first kappa shape index (κ1) is 32.7. The van der Waals surface area contributed by atoms with Gasteiger partial charge < -0.3 is 20.2 Å². The van der Waals surface area contributed by atoms with Crippen LogP contribution in [0.4, 0.5) is 30.7 Å². The number of hydrogen-bond acceptors (Lipinski definition) is 6. The Morgan fingerprint density at radius 2 is 1.62 bits per heavy atom. The fourth-order valence-electron chi connectivity index (χ4n) is 6.48. The van der Waals surface area contributed by atoms with Crippen molar-refractivity contribution < 1.29 is 39.9 Å². The topological polar surface area (TPSA) is 104 Å². The summed E-state index contributed by atoms with van der Waals surface area (Å²) < 4.78 is 111. The highest BCUT2D eigenvalue weighted by Crippen LogP contribution is 2.48. The molecule has 4 aromatic rings. The van der Waals surface area contributed by atoms with Crippen molar-refractivity contribution in [2.24, 2.45) is 5.73 Å². The maximum absolute atomic E-state index is 15.2. The molecule has 0 bridgehead atoms. The lowest BCUT2D eigenvalue weighted by atomic mass is 9.85. The minimum atomic E-state index is -5.00. The van der Waals surface area contributed by atoms with E-state index < -0.39 is 77.0 Å². The first-order chi connectivity index (χ1) is 22.2. The Kier molecular flexibility index (Phi) is 8.43. The maximum atomic E-state index is 15.2. The molecule has 1 unspecified atom stereocenters. The molecule has 250 valence electrons. The number of benzene rings is 2. The van der Waals surface area contributed by atoms with Gasteiger partial charge in [0, 0.05) is 18.0 Å². The molecule has 2 atom stereocenters. The van der Waals surface area contributed by atoms with Crippen molar-refractivity contribution >= 4 is 0 Å². The van der Waals surface area contributed by atoms with Gasteiger partial charge in [0.15, 0.2) is 0 Å². The van der Waals surface area contributed by atoms with Crippen molar-refractivity contribution in [3.63, 3.8) is 0 Å². The number of nitrogens with zero attached hydrogens (tertiary/aromatic N) is 2. The van der Waals surface area contributed by atoms with Crippen molar-refractivity contribution in [3.8, 4) is 0 Å². The number of nitrogens with two attached hydrogens (primary N) is 1. The van der Waals surface area contributed by atoms with Crippen LogP contribution in [0.3, 0.4) is 0 Å². The van der Waals surface area contributed by atoms with Gasteiger partial charge in [-0.25, -0.2) is 9.18 Å². The molecule has 6 rings (SSSR count). The van der Waals surface area contributed by atoms with Crippen LogP contribution < -0.4 is 22.3 Å². The third-order valence-corrected chi connectivity index (χ3v) is 8.68. The van der Waals surface area contributed by atoms with Crippen LogP contribution in [0.5, 0.6) is 0 Å². The highest BCUT2D eigenvalue weighted by Gasteiger charge is 2.51.